The Bertz CT molecular complexity index is 464. The van der Waals surface area contributed by atoms with Crippen LogP contribution < -0.4 is 0 Å². The highest BCUT2D eigenvalue weighted by Gasteiger charge is 2.30. The molecular formula is C12H10F4O2. The molecule has 0 aliphatic heterocycles. The molecule has 0 saturated heterocycles. The Balaban J connectivity index is 2.98. The predicted octanol–water partition coefficient (Wildman–Crippen LogP) is 3.42. The van der Waals surface area contributed by atoms with Gasteiger partial charge in [-0.1, -0.05) is 0 Å². The first-order chi connectivity index (χ1) is 8.34. The number of halogens is 4. The first-order valence-electron chi connectivity index (χ1n) is 5.06. The summed E-state index contributed by atoms with van der Waals surface area (Å²) in [6.07, 6.45) is -2.73. The standard InChI is InChI=1S/C12H10F4O2/c1-2-18-11(17)6-3-8-7-9(12(14,15)16)4-5-10(8)13/h3-7H,2H2,1H3. The number of carbonyl (C=O) groups excluding carboxylic acids is 1. The van der Waals surface area contributed by atoms with Crippen LogP contribution in [0.5, 0.6) is 0 Å². The Labute approximate surface area is 101 Å². The first-order valence-corrected chi connectivity index (χ1v) is 5.06. The fourth-order valence-corrected chi connectivity index (χ4v) is 1.20. The van der Waals surface area contributed by atoms with E-state index in [4.69, 9.17) is 0 Å². The zero-order valence-corrected chi connectivity index (χ0v) is 9.42. The quantitative estimate of drug-likeness (QED) is 0.474. The molecule has 0 fully saturated rings. The molecule has 1 aromatic rings. The number of benzene rings is 1. The molecule has 0 bridgehead atoms. The lowest BCUT2D eigenvalue weighted by Crippen LogP contribution is -2.05. The molecule has 6 heteroatoms. The zero-order chi connectivity index (χ0) is 13.8. The molecule has 0 amide bonds. The minimum atomic E-state index is -4.56. The van der Waals surface area contributed by atoms with E-state index in [1.54, 1.807) is 6.92 Å². The van der Waals surface area contributed by atoms with Gasteiger partial charge in [-0.05, 0) is 31.2 Å². The molecule has 0 N–H and O–H groups in total. The van der Waals surface area contributed by atoms with Crippen molar-refractivity contribution in [1.29, 1.82) is 0 Å². The summed E-state index contributed by atoms with van der Waals surface area (Å²) in [6, 6.07) is 1.97. The minimum Gasteiger partial charge on any atom is -0.463 e. The van der Waals surface area contributed by atoms with E-state index in [0.717, 1.165) is 12.2 Å². The van der Waals surface area contributed by atoms with E-state index >= 15 is 0 Å². The number of hydrogen-bond donors (Lipinski definition) is 0. The summed E-state index contributed by atoms with van der Waals surface area (Å²) in [4.78, 5) is 11.0. The summed E-state index contributed by atoms with van der Waals surface area (Å²) in [5.74, 6) is -1.59. The number of hydrogen-bond acceptors (Lipinski definition) is 2. The average molecular weight is 262 g/mol. The van der Waals surface area contributed by atoms with Gasteiger partial charge in [-0.2, -0.15) is 13.2 Å². The van der Waals surface area contributed by atoms with Crippen LogP contribution in [0.15, 0.2) is 24.3 Å². The van der Waals surface area contributed by atoms with Crippen molar-refractivity contribution in [3.63, 3.8) is 0 Å². The summed E-state index contributed by atoms with van der Waals surface area (Å²) in [5.41, 5.74) is -1.30. The number of rotatable bonds is 3. The molecule has 0 aliphatic rings. The third-order valence-corrected chi connectivity index (χ3v) is 2.01. The number of ether oxygens (including phenoxy) is 1. The topological polar surface area (TPSA) is 26.3 Å². The van der Waals surface area contributed by atoms with Crippen LogP contribution in [0, 0.1) is 5.82 Å². The third-order valence-electron chi connectivity index (χ3n) is 2.01. The Morgan fingerprint density at radius 2 is 2.06 bits per heavy atom. The highest BCUT2D eigenvalue weighted by atomic mass is 19.4. The summed E-state index contributed by atoms with van der Waals surface area (Å²) in [5, 5.41) is 0. The lowest BCUT2D eigenvalue weighted by molar-refractivity contribution is -0.138. The van der Waals surface area contributed by atoms with Crippen LogP contribution in [-0.2, 0) is 15.7 Å². The second-order valence-corrected chi connectivity index (χ2v) is 3.32. The van der Waals surface area contributed by atoms with Gasteiger partial charge in [0.2, 0.25) is 0 Å². The van der Waals surface area contributed by atoms with Gasteiger partial charge >= 0.3 is 12.1 Å². The fraction of sp³-hybridized carbons (Fsp3) is 0.250. The van der Waals surface area contributed by atoms with Crippen LogP contribution in [0.2, 0.25) is 0 Å². The maximum absolute atomic E-state index is 13.2. The second kappa shape index (κ2) is 5.66. The smallest absolute Gasteiger partial charge is 0.416 e. The number of alkyl halides is 3. The summed E-state index contributed by atoms with van der Waals surface area (Å²) in [7, 11) is 0. The van der Waals surface area contributed by atoms with E-state index in [0.29, 0.717) is 18.2 Å². The maximum atomic E-state index is 13.2. The van der Waals surface area contributed by atoms with Gasteiger partial charge in [-0.25, -0.2) is 9.18 Å². The Morgan fingerprint density at radius 3 is 2.61 bits per heavy atom. The molecule has 0 radical (unpaired) electrons. The molecule has 0 unspecified atom stereocenters. The highest BCUT2D eigenvalue weighted by Crippen LogP contribution is 2.30. The van der Waals surface area contributed by atoms with Crippen molar-refractivity contribution in [3.05, 3.63) is 41.2 Å². The molecule has 1 rings (SSSR count). The second-order valence-electron chi connectivity index (χ2n) is 3.32. The Morgan fingerprint density at radius 1 is 1.39 bits per heavy atom. The van der Waals surface area contributed by atoms with E-state index < -0.39 is 23.5 Å². The normalized spacial score (nSPS) is 11.8. The van der Waals surface area contributed by atoms with Crippen molar-refractivity contribution >= 4 is 12.0 Å². The third kappa shape index (κ3) is 3.87. The van der Waals surface area contributed by atoms with Gasteiger partial charge < -0.3 is 4.74 Å². The van der Waals surface area contributed by atoms with E-state index in [-0.39, 0.29) is 12.2 Å². The van der Waals surface area contributed by atoms with Gasteiger partial charge in [0.25, 0.3) is 0 Å². The Kier molecular flexibility index (Phi) is 4.47. The molecule has 0 spiro atoms. The van der Waals surface area contributed by atoms with Crippen LogP contribution in [0.3, 0.4) is 0 Å². The highest BCUT2D eigenvalue weighted by molar-refractivity contribution is 5.87. The molecule has 0 aromatic heterocycles. The van der Waals surface area contributed by atoms with E-state index in [2.05, 4.69) is 4.74 Å². The largest absolute Gasteiger partial charge is 0.463 e. The molecule has 1 aromatic carbocycles. The monoisotopic (exact) mass is 262 g/mol. The van der Waals surface area contributed by atoms with Crippen molar-refractivity contribution in [2.75, 3.05) is 6.61 Å². The number of esters is 1. The lowest BCUT2D eigenvalue weighted by atomic mass is 10.1. The van der Waals surface area contributed by atoms with Crippen molar-refractivity contribution in [1.82, 2.24) is 0 Å². The molecule has 0 heterocycles. The van der Waals surface area contributed by atoms with E-state index in [9.17, 15) is 22.4 Å². The maximum Gasteiger partial charge on any atom is 0.416 e. The van der Waals surface area contributed by atoms with Crippen LogP contribution >= 0.6 is 0 Å². The van der Waals surface area contributed by atoms with Gasteiger partial charge in [-0.15, -0.1) is 0 Å². The van der Waals surface area contributed by atoms with Gasteiger partial charge in [0, 0.05) is 11.6 Å². The van der Waals surface area contributed by atoms with Crippen LogP contribution in [0.4, 0.5) is 17.6 Å². The van der Waals surface area contributed by atoms with Gasteiger partial charge in [0.1, 0.15) is 5.82 Å². The molecule has 18 heavy (non-hydrogen) atoms. The number of carbonyl (C=O) groups is 1. The SMILES string of the molecule is CCOC(=O)C=Cc1cc(C(F)(F)F)ccc1F. The molecule has 0 saturated carbocycles. The predicted molar refractivity (Wildman–Crippen MR) is 57.1 cm³/mol. The lowest BCUT2D eigenvalue weighted by Gasteiger charge is -2.07. The summed E-state index contributed by atoms with van der Waals surface area (Å²) in [6.45, 7) is 1.71. The summed E-state index contributed by atoms with van der Waals surface area (Å²) >= 11 is 0. The minimum absolute atomic E-state index is 0.133. The molecule has 0 atom stereocenters. The van der Waals surface area contributed by atoms with Gasteiger partial charge in [0.15, 0.2) is 0 Å². The molecule has 0 aliphatic carbocycles. The van der Waals surface area contributed by atoms with Crippen LogP contribution in [0.1, 0.15) is 18.1 Å². The molecule has 98 valence electrons. The van der Waals surface area contributed by atoms with Crippen molar-refractivity contribution in [2.24, 2.45) is 0 Å². The van der Waals surface area contributed by atoms with Gasteiger partial charge in [-0.3, -0.25) is 0 Å². The summed E-state index contributed by atoms with van der Waals surface area (Å²) < 4.78 is 54.9. The zero-order valence-electron chi connectivity index (χ0n) is 9.42. The van der Waals surface area contributed by atoms with Gasteiger partial charge in [0.05, 0.1) is 12.2 Å². The Hall–Kier alpha value is -1.85. The van der Waals surface area contributed by atoms with Crippen molar-refractivity contribution in [3.8, 4) is 0 Å². The molecule has 2 nitrogen and oxygen atoms in total. The van der Waals surface area contributed by atoms with Crippen LogP contribution in [-0.4, -0.2) is 12.6 Å². The fourth-order valence-electron chi connectivity index (χ4n) is 1.20. The van der Waals surface area contributed by atoms with Crippen molar-refractivity contribution < 1.29 is 27.1 Å². The average Bonchev–Trinajstić information content (AvgIpc) is 2.26. The van der Waals surface area contributed by atoms with E-state index in [1.165, 1.54) is 0 Å². The van der Waals surface area contributed by atoms with Crippen LogP contribution in [0.25, 0.3) is 6.08 Å². The van der Waals surface area contributed by atoms with Crippen molar-refractivity contribution in [2.45, 2.75) is 13.1 Å². The molecular weight excluding hydrogens is 252 g/mol. The first kappa shape index (κ1) is 14.2. The van der Waals surface area contributed by atoms with E-state index in [1.807, 2.05) is 0 Å².